The van der Waals surface area contributed by atoms with Crippen LogP contribution in [0.3, 0.4) is 0 Å². The smallest absolute Gasteiger partial charge is 0.340 e. The molecule has 352 valence electrons. The molecule has 0 radical (unpaired) electrons. The fraction of sp³-hybridized carbons (Fsp3) is 0.146. The third-order valence-electron chi connectivity index (χ3n) is 9.40. The molecule has 1 fully saturated rings. The molecule has 5 aromatic rings. The number of esters is 4. The van der Waals surface area contributed by atoms with Crippen LogP contribution in [0, 0.1) is 0 Å². The van der Waals surface area contributed by atoms with Gasteiger partial charge in [0, 0.05) is 5.56 Å². The van der Waals surface area contributed by atoms with Gasteiger partial charge >= 0.3 is 23.9 Å². The number of Topliss-reactive ketones (excluding diaryl/α,β-unsaturated/α-hetero) is 1. The molecule has 5 aromatic carbocycles. The number of hydrogen-bond donors (Lipinski definition) is 15. The molecule has 6 rings (SSSR count). The minimum absolute atomic E-state index is 0.527. The third-order valence-corrected chi connectivity index (χ3v) is 9.40. The maximum Gasteiger partial charge on any atom is 0.340 e. The molecule has 1 aliphatic rings. The maximum atomic E-state index is 13.9. The van der Waals surface area contributed by atoms with Crippen molar-refractivity contribution in [2.75, 3.05) is 6.61 Å². The summed E-state index contributed by atoms with van der Waals surface area (Å²) in [7, 11) is 0. The van der Waals surface area contributed by atoms with Crippen molar-refractivity contribution in [1.82, 2.24) is 0 Å². The number of rotatable bonds is 12. The van der Waals surface area contributed by atoms with Crippen LogP contribution >= 0.6 is 0 Å². The number of benzene rings is 5. The molecule has 0 bridgehead atoms. The zero-order chi connectivity index (χ0) is 49.3. The second-order valence-corrected chi connectivity index (χ2v) is 13.9. The molecule has 15 N–H and O–H groups in total. The Morgan fingerprint density at radius 1 is 0.343 bits per heavy atom. The molecule has 0 amide bonds. The van der Waals surface area contributed by atoms with E-state index >= 15 is 0 Å². The second kappa shape index (κ2) is 18.3. The van der Waals surface area contributed by atoms with Gasteiger partial charge < -0.3 is 105 Å². The van der Waals surface area contributed by atoms with E-state index in [2.05, 4.69) is 0 Å². The van der Waals surface area contributed by atoms with Gasteiger partial charge in [-0.2, -0.15) is 0 Å². The fourth-order valence-corrected chi connectivity index (χ4v) is 6.04. The average Bonchev–Trinajstić information content (AvgIpc) is 3.27. The molecular formula is C41H32O26. The number of aromatic hydroxyl groups is 15. The summed E-state index contributed by atoms with van der Waals surface area (Å²) in [5.74, 6) is -24.2. The number of ketones is 1. The molecule has 67 heavy (non-hydrogen) atoms. The number of hydrogen-bond acceptors (Lipinski definition) is 26. The number of phenols is 15. The van der Waals surface area contributed by atoms with Gasteiger partial charge in [0.15, 0.2) is 104 Å². The van der Waals surface area contributed by atoms with Gasteiger partial charge in [-0.3, -0.25) is 4.79 Å². The van der Waals surface area contributed by atoms with Crippen LogP contribution in [-0.2, 0) is 28.4 Å². The average molecular weight is 941 g/mol. The monoisotopic (exact) mass is 940 g/mol. The lowest BCUT2D eigenvalue weighted by Crippen LogP contribution is -2.63. The molecule has 0 saturated carbocycles. The summed E-state index contributed by atoms with van der Waals surface area (Å²) in [4.78, 5) is 68.5. The minimum atomic E-state index is -2.60. The highest BCUT2D eigenvalue weighted by Crippen LogP contribution is 2.42. The molecule has 26 heteroatoms. The predicted octanol–water partition coefficient (Wildman–Crippen LogP) is 1.69. The molecule has 5 atom stereocenters. The third kappa shape index (κ3) is 9.73. The van der Waals surface area contributed by atoms with Gasteiger partial charge in [-0.25, -0.2) is 19.2 Å². The van der Waals surface area contributed by atoms with Crippen LogP contribution < -0.4 is 0 Å². The summed E-state index contributed by atoms with van der Waals surface area (Å²) in [5, 5.41) is 150. The van der Waals surface area contributed by atoms with Crippen LogP contribution in [0.25, 0.3) is 0 Å². The first-order valence-electron chi connectivity index (χ1n) is 18.3. The SMILES string of the molecule is O=C(CO[C@H]1O[C@@H](OC(=O)c2cc(O)c(O)c(O)c2)[C@H](OC(=O)c2cc(O)c(O)c(O)c2)[C@@H](OC(=O)c2cc(O)c(O)c(O)c2)[C@@H]1OC(=O)c1cc(O)c(O)c(O)c1)c1cc(O)c(O)c(O)c1. The standard InChI is InChI=1S/C41H32O26/c42-17-1-12(2-18(43)28(17)53)27(52)11-62-40-34(64-37(59)14-5-21(46)30(55)22(47)6-14)33(63-36(58)13-3-19(44)29(54)20(45)4-13)35(65-38(60)15-7-23(48)31(56)24(49)8-15)41(67-40)66-39(61)16-9-25(50)32(57)26(51)10-16/h1-10,33-35,40-51,53-57H,11H2/t33-,34-,35+,40-,41+/m0/s1. The highest BCUT2D eigenvalue weighted by molar-refractivity contribution is 5.98. The number of ether oxygens (including phenoxy) is 6. The lowest BCUT2D eigenvalue weighted by Gasteiger charge is -2.43. The zero-order valence-electron chi connectivity index (χ0n) is 33.1. The van der Waals surface area contributed by atoms with Crippen molar-refractivity contribution in [3.63, 3.8) is 0 Å². The van der Waals surface area contributed by atoms with E-state index in [1.807, 2.05) is 0 Å². The molecular weight excluding hydrogens is 908 g/mol. The second-order valence-electron chi connectivity index (χ2n) is 13.9. The molecule has 1 aliphatic heterocycles. The Labute approximate surface area is 370 Å². The van der Waals surface area contributed by atoms with Crippen molar-refractivity contribution in [1.29, 1.82) is 0 Å². The molecule has 0 unspecified atom stereocenters. The zero-order valence-corrected chi connectivity index (χ0v) is 33.1. The van der Waals surface area contributed by atoms with E-state index in [9.17, 15) is 101 Å². The summed E-state index contributed by atoms with van der Waals surface area (Å²) in [5.41, 5.74) is -3.82. The summed E-state index contributed by atoms with van der Waals surface area (Å²) in [6.45, 7) is -1.28. The fourth-order valence-electron chi connectivity index (χ4n) is 6.04. The Bertz CT molecular complexity index is 2720. The van der Waals surface area contributed by atoms with E-state index < -0.39 is 181 Å². The topological polar surface area (TPSA) is 444 Å². The van der Waals surface area contributed by atoms with Gasteiger partial charge in [-0.1, -0.05) is 0 Å². The van der Waals surface area contributed by atoms with Crippen molar-refractivity contribution in [3.8, 4) is 86.2 Å². The summed E-state index contributed by atoms with van der Waals surface area (Å²) < 4.78 is 33.3. The van der Waals surface area contributed by atoms with Gasteiger partial charge in [-0.05, 0) is 60.7 Å². The normalized spacial score (nSPS) is 17.8. The van der Waals surface area contributed by atoms with Crippen molar-refractivity contribution >= 4 is 29.7 Å². The molecule has 1 heterocycles. The molecule has 1 saturated heterocycles. The maximum absolute atomic E-state index is 13.9. The lowest BCUT2D eigenvalue weighted by molar-refractivity contribution is -0.333. The van der Waals surface area contributed by atoms with Gasteiger partial charge in [0.2, 0.25) is 18.7 Å². The number of carbonyl (C=O) groups excluding carboxylic acids is 5. The Kier molecular flexibility index (Phi) is 12.9. The van der Waals surface area contributed by atoms with Crippen LogP contribution in [-0.4, -0.2) is 144 Å². The van der Waals surface area contributed by atoms with E-state index in [0.29, 0.717) is 60.7 Å². The number of carbonyl (C=O) groups is 5. The molecule has 26 nitrogen and oxygen atoms in total. The van der Waals surface area contributed by atoms with E-state index in [0.717, 1.165) is 0 Å². The Balaban J connectivity index is 1.52. The minimum Gasteiger partial charge on any atom is -0.504 e. The van der Waals surface area contributed by atoms with E-state index in [-0.39, 0.29) is 0 Å². The predicted molar refractivity (Wildman–Crippen MR) is 209 cm³/mol. The van der Waals surface area contributed by atoms with Crippen LogP contribution in [0.1, 0.15) is 51.8 Å². The largest absolute Gasteiger partial charge is 0.504 e. The van der Waals surface area contributed by atoms with Gasteiger partial charge in [0.25, 0.3) is 0 Å². The Morgan fingerprint density at radius 3 is 0.881 bits per heavy atom. The van der Waals surface area contributed by atoms with E-state index in [1.165, 1.54) is 0 Å². The molecule has 0 spiro atoms. The summed E-state index contributed by atoms with van der Waals surface area (Å²) >= 11 is 0. The van der Waals surface area contributed by atoms with Gasteiger partial charge in [0.1, 0.15) is 6.61 Å². The van der Waals surface area contributed by atoms with E-state index in [1.54, 1.807) is 0 Å². The first-order chi connectivity index (χ1) is 31.4. The Hall–Kier alpha value is -9.43. The highest BCUT2D eigenvalue weighted by Gasteiger charge is 2.55. The first kappa shape index (κ1) is 47.1. The quantitative estimate of drug-likeness (QED) is 0.0366. The number of phenolic OH excluding ortho intramolecular Hbond substituents is 15. The summed E-state index contributed by atoms with van der Waals surface area (Å²) in [6.07, 6.45) is -12.7. The van der Waals surface area contributed by atoms with Crippen LogP contribution in [0.5, 0.6) is 86.2 Å². The van der Waals surface area contributed by atoms with Crippen LogP contribution in [0.2, 0.25) is 0 Å². The van der Waals surface area contributed by atoms with Crippen LogP contribution in [0.15, 0.2) is 60.7 Å². The van der Waals surface area contributed by atoms with Crippen molar-refractivity contribution in [2.24, 2.45) is 0 Å². The highest BCUT2D eigenvalue weighted by atomic mass is 16.8. The molecule has 0 aromatic heterocycles. The molecule has 0 aliphatic carbocycles. The lowest BCUT2D eigenvalue weighted by atomic mass is 10.0. The summed E-state index contributed by atoms with van der Waals surface area (Å²) in [6, 6.07) is 5.63. The Morgan fingerprint density at radius 2 is 0.582 bits per heavy atom. The van der Waals surface area contributed by atoms with E-state index in [4.69, 9.17) is 28.4 Å². The van der Waals surface area contributed by atoms with Crippen molar-refractivity contribution < 1.29 is 129 Å². The first-order valence-corrected chi connectivity index (χ1v) is 18.3. The van der Waals surface area contributed by atoms with Crippen molar-refractivity contribution in [3.05, 3.63) is 88.5 Å². The van der Waals surface area contributed by atoms with Gasteiger partial charge in [0.05, 0.1) is 22.3 Å². The van der Waals surface area contributed by atoms with Crippen molar-refractivity contribution in [2.45, 2.75) is 30.9 Å². The van der Waals surface area contributed by atoms with Crippen LogP contribution in [0.4, 0.5) is 0 Å². The van der Waals surface area contributed by atoms with Gasteiger partial charge in [-0.15, -0.1) is 0 Å².